The molecule has 1 aromatic heterocycles. The van der Waals surface area contributed by atoms with Gasteiger partial charge in [0.2, 0.25) is 0 Å². The fourth-order valence-electron chi connectivity index (χ4n) is 2.24. The molecule has 0 saturated heterocycles. The highest BCUT2D eigenvalue weighted by Crippen LogP contribution is 2.27. The largest absolute Gasteiger partial charge is 0.497 e. The Bertz CT molecular complexity index is 839. The minimum atomic E-state index is -0.561. The predicted molar refractivity (Wildman–Crippen MR) is 90.0 cm³/mol. The quantitative estimate of drug-likeness (QED) is 0.834. The van der Waals surface area contributed by atoms with Crippen molar-refractivity contribution in [3.63, 3.8) is 0 Å². The number of aryl methyl sites for hydroxylation is 1. The summed E-state index contributed by atoms with van der Waals surface area (Å²) in [5.41, 5.74) is 2.27. The average Bonchev–Trinajstić information content (AvgIpc) is 2.65. The van der Waals surface area contributed by atoms with Crippen LogP contribution >= 0.6 is 0 Å². The lowest BCUT2D eigenvalue weighted by Gasteiger charge is -2.11. The first-order chi connectivity index (χ1) is 12.0. The fourth-order valence-corrected chi connectivity index (χ4v) is 2.24. The Balaban J connectivity index is 2.41. The zero-order valence-electron chi connectivity index (χ0n) is 14.1. The lowest BCUT2D eigenvalue weighted by atomic mass is 9.98. The van der Waals surface area contributed by atoms with Gasteiger partial charge in [-0.25, -0.2) is 4.98 Å². The molecule has 0 spiro atoms. The standard InChI is InChI=1S/C18H17N3O4/c1-11-15(9-19)14(12-4-6-13(24-2)7-5-12)8-16(21-11)18(23)20-10-17(22)25-3/h4-8H,10H2,1-3H3,(H,20,23). The number of carbonyl (C=O) groups excluding carboxylic acids is 2. The highest BCUT2D eigenvalue weighted by Gasteiger charge is 2.16. The number of hydrogen-bond acceptors (Lipinski definition) is 6. The van der Waals surface area contributed by atoms with Gasteiger partial charge in [-0.2, -0.15) is 5.26 Å². The van der Waals surface area contributed by atoms with Crippen molar-refractivity contribution in [2.75, 3.05) is 20.8 Å². The number of esters is 1. The van der Waals surface area contributed by atoms with Crippen LogP contribution in [0.15, 0.2) is 30.3 Å². The summed E-state index contributed by atoms with van der Waals surface area (Å²) in [5.74, 6) is -0.397. The van der Waals surface area contributed by atoms with Crippen molar-refractivity contribution < 1.29 is 19.1 Å². The van der Waals surface area contributed by atoms with Crippen molar-refractivity contribution in [3.05, 3.63) is 47.3 Å². The van der Waals surface area contributed by atoms with Gasteiger partial charge in [-0.15, -0.1) is 0 Å². The molecule has 0 bridgehead atoms. The first kappa shape index (κ1) is 17.9. The molecule has 7 nitrogen and oxygen atoms in total. The van der Waals surface area contributed by atoms with Crippen LogP contribution in [0.5, 0.6) is 5.75 Å². The molecule has 0 aliphatic heterocycles. The third-order valence-corrected chi connectivity index (χ3v) is 3.57. The Morgan fingerprint density at radius 2 is 1.92 bits per heavy atom. The van der Waals surface area contributed by atoms with Crippen molar-refractivity contribution in [2.45, 2.75) is 6.92 Å². The molecule has 2 rings (SSSR count). The number of nitrogens with zero attached hydrogens (tertiary/aromatic N) is 2. The molecule has 0 radical (unpaired) electrons. The van der Waals surface area contributed by atoms with Gasteiger partial charge in [0.15, 0.2) is 0 Å². The lowest BCUT2D eigenvalue weighted by molar-refractivity contribution is -0.139. The summed E-state index contributed by atoms with van der Waals surface area (Å²) in [6.45, 7) is 1.40. The number of ether oxygens (including phenoxy) is 2. The fraction of sp³-hybridized carbons (Fsp3) is 0.222. The summed E-state index contributed by atoms with van der Waals surface area (Å²) in [4.78, 5) is 27.5. The molecule has 0 unspecified atom stereocenters. The Kier molecular flexibility index (Phi) is 5.69. The smallest absolute Gasteiger partial charge is 0.325 e. The molecule has 1 heterocycles. The zero-order valence-corrected chi connectivity index (χ0v) is 14.1. The highest BCUT2D eigenvalue weighted by atomic mass is 16.5. The monoisotopic (exact) mass is 339 g/mol. The molecule has 0 saturated carbocycles. The molecule has 25 heavy (non-hydrogen) atoms. The van der Waals surface area contributed by atoms with E-state index >= 15 is 0 Å². The third-order valence-electron chi connectivity index (χ3n) is 3.57. The number of carbonyl (C=O) groups is 2. The number of pyridine rings is 1. The number of methoxy groups -OCH3 is 2. The van der Waals surface area contributed by atoms with Crippen molar-refractivity contribution in [2.24, 2.45) is 0 Å². The highest BCUT2D eigenvalue weighted by molar-refractivity contribution is 5.95. The Hall–Kier alpha value is -3.40. The molecule has 0 aliphatic carbocycles. The van der Waals surface area contributed by atoms with Gasteiger partial charge in [-0.1, -0.05) is 12.1 Å². The molecule has 0 aliphatic rings. The number of hydrogen-bond donors (Lipinski definition) is 1. The Morgan fingerprint density at radius 1 is 1.24 bits per heavy atom. The van der Waals surface area contributed by atoms with E-state index in [1.165, 1.54) is 13.2 Å². The summed E-state index contributed by atoms with van der Waals surface area (Å²) in [5, 5.41) is 11.9. The van der Waals surface area contributed by atoms with E-state index in [2.05, 4.69) is 21.1 Å². The second-order valence-electron chi connectivity index (χ2n) is 5.11. The molecule has 7 heteroatoms. The van der Waals surface area contributed by atoms with Gasteiger partial charge in [0.25, 0.3) is 5.91 Å². The topological polar surface area (TPSA) is 101 Å². The van der Waals surface area contributed by atoms with Crippen molar-refractivity contribution in [1.82, 2.24) is 10.3 Å². The minimum absolute atomic E-state index is 0.117. The molecule has 1 aromatic carbocycles. The van der Waals surface area contributed by atoms with E-state index in [0.29, 0.717) is 22.6 Å². The van der Waals surface area contributed by atoms with Gasteiger partial charge >= 0.3 is 5.97 Å². The number of amides is 1. The molecular formula is C18H17N3O4. The number of nitrogens with one attached hydrogen (secondary N) is 1. The number of rotatable bonds is 5. The van der Waals surface area contributed by atoms with E-state index in [4.69, 9.17) is 4.74 Å². The average molecular weight is 339 g/mol. The van der Waals surface area contributed by atoms with E-state index in [-0.39, 0.29) is 12.2 Å². The van der Waals surface area contributed by atoms with Gasteiger partial charge in [0.05, 0.1) is 25.5 Å². The van der Waals surface area contributed by atoms with E-state index < -0.39 is 11.9 Å². The molecule has 0 fully saturated rings. The SMILES string of the molecule is COC(=O)CNC(=O)c1cc(-c2ccc(OC)cc2)c(C#N)c(C)n1. The first-order valence-electron chi connectivity index (χ1n) is 7.41. The number of benzene rings is 1. The van der Waals surface area contributed by atoms with Crippen LogP contribution in [0.1, 0.15) is 21.7 Å². The molecule has 0 atom stereocenters. The van der Waals surface area contributed by atoms with Crippen molar-refractivity contribution >= 4 is 11.9 Å². The molecule has 2 aromatic rings. The minimum Gasteiger partial charge on any atom is -0.497 e. The normalized spacial score (nSPS) is 9.84. The number of aromatic nitrogens is 1. The first-order valence-corrected chi connectivity index (χ1v) is 7.41. The van der Waals surface area contributed by atoms with Crippen LogP contribution in [0.4, 0.5) is 0 Å². The zero-order chi connectivity index (χ0) is 18.4. The van der Waals surface area contributed by atoms with Crippen LogP contribution in [-0.2, 0) is 9.53 Å². The van der Waals surface area contributed by atoms with Crippen LogP contribution in [0, 0.1) is 18.3 Å². The molecule has 1 N–H and O–H groups in total. The third kappa shape index (κ3) is 4.12. The van der Waals surface area contributed by atoms with E-state index in [1.807, 2.05) is 0 Å². The summed E-state index contributed by atoms with van der Waals surface area (Å²) < 4.78 is 9.61. The summed E-state index contributed by atoms with van der Waals surface area (Å²) >= 11 is 0. The second-order valence-corrected chi connectivity index (χ2v) is 5.11. The maximum Gasteiger partial charge on any atom is 0.325 e. The van der Waals surface area contributed by atoms with Crippen LogP contribution in [-0.4, -0.2) is 37.6 Å². The van der Waals surface area contributed by atoms with Gasteiger partial charge < -0.3 is 14.8 Å². The maximum atomic E-state index is 12.2. The summed E-state index contributed by atoms with van der Waals surface area (Å²) in [6.07, 6.45) is 0. The van der Waals surface area contributed by atoms with Crippen LogP contribution in [0.2, 0.25) is 0 Å². The van der Waals surface area contributed by atoms with E-state index in [1.54, 1.807) is 38.3 Å². The van der Waals surface area contributed by atoms with E-state index in [9.17, 15) is 14.9 Å². The van der Waals surface area contributed by atoms with Crippen LogP contribution in [0.25, 0.3) is 11.1 Å². The molecule has 128 valence electrons. The second kappa shape index (κ2) is 7.93. The van der Waals surface area contributed by atoms with Crippen LogP contribution < -0.4 is 10.1 Å². The van der Waals surface area contributed by atoms with E-state index in [0.717, 1.165) is 5.56 Å². The van der Waals surface area contributed by atoms with Gasteiger partial charge in [0.1, 0.15) is 24.1 Å². The predicted octanol–water partition coefficient (Wildman–Crippen LogP) is 1.84. The maximum absolute atomic E-state index is 12.2. The van der Waals surface area contributed by atoms with Crippen LogP contribution in [0.3, 0.4) is 0 Å². The molecule has 1 amide bonds. The van der Waals surface area contributed by atoms with Crippen molar-refractivity contribution in [1.29, 1.82) is 5.26 Å². The van der Waals surface area contributed by atoms with Gasteiger partial charge in [-0.05, 0) is 30.7 Å². The number of nitriles is 1. The van der Waals surface area contributed by atoms with Gasteiger partial charge in [-0.3, -0.25) is 9.59 Å². The van der Waals surface area contributed by atoms with Crippen molar-refractivity contribution in [3.8, 4) is 22.9 Å². The Labute approximate surface area is 145 Å². The Morgan fingerprint density at radius 3 is 2.48 bits per heavy atom. The lowest BCUT2D eigenvalue weighted by Crippen LogP contribution is -2.31. The van der Waals surface area contributed by atoms with Gasteiger partial charge in [0, 0.05) is 5.56 Å². The summed E-state index contributed by atoms with van der Waals surface area (Å²) in [6, 6.07) is 10.8. The molecular weight excluding hydrogens is 322 g/mol. The summed E-state index contributed by atoms with van der Waals surface area (Å²) in [7, 11) is 2.80.